The number of rotatable bonds is 10. The predicted molar refractivity (Wildman–Crippen MR) is 112 cm³/mol. The first-order valence-electron chi connectivity index (χ1n) is 9.51. The Labute approximate surface area is 163 Å². The van der Waals surface area contributed by atoms with E-state index in [9.17, 15) is 0 Å². The first kappa shape index (κ1) is 19.4. The van der Waals surface area contributed by atoms with Crippen molar-refractivity contribution in [3.63, 3.8) is 0 Å². The third-order valence-electron chi connectivity index (χ3n) is 4.53. The summed E-state index contributed by atoms with van der Waals surface area (Å²) in [6.45, 7) is 2.26. The number of hydrogen-bond acceptors (Lipinski definition) is 4. The van der Waals surface area contributed by atoms with E-state index in [0.29, 0.717) is 17.2 Å². The zero-order valence-corrected chi connectivity index (χ0v) is 17.1. The lowest BCUT2D eigenvalue weighted by atomic mass is 10.0. The second-order valence-electron chi connectivity index (χ2n) is 6.58. The van der Waals surface area contributed by atoms with Gasteiger partial charge in [-0.05, 0) is 36.6 Å². The molecule has 26 heavy (non-hydrogen) atoms. The maximum absolute atomic E-state index is 6.18. The van der Waals surface area contributed by atoms with Gasteiger partial charge in [-0.3, -0.25) is 0 Å². The quantitative estimate of drug-likeness (QED) is 0.256. The molecule has 0 N–H and O–H groups in total. The topological polar surface area (TPSA) is 27.7 Å². The zero-order valence-electron chi connectivity index (χ0n) is 15.3. The molecule has 0 fully saturated rings. The molecule has 1 aliphatic heterocycles. The van der Waals surface area contributed by atoms with E-state index >= 15 is 0 Å². The van der Waals surface area contributed by atoms with Gasteiger partial charge in [0.15, 0.2) is 11.5 Å². The Balaban J connectivity index is 1.58. The lowest BCUT2D eigenvalue weighted by Gasteiger charge is -2.12. The molecule has 1 atom stereocenters. The summed E-state index contributed by atoms with van der Waals surface area (Å²) in [5.74, 6) is 2.94. The van der Waals surface area contributed by atoms with E-state index < -0.39 is 7.58 Å². The van der Waals surface area contributed by atoms with E-state index in [1.807, 2.05) is 30.3 Å². The summed E-state index contributed by atoms with van der Waals surface area (Å²) in [6, 6.07) is 14.0. The van der Waals surface area contributed by atoms with Gasteiger partial charge in [0.2, 0.25) is 5.75 Å². The van der Waals surface area contributed by atoms with E-state index in [-0.39, 0.29) is 0 Å². The van der Waals surface area contributed by atoms with Crippen LogP contribution < -0.4 is 13.8 Å². The van der Waals surface area contributed by atoms with Crippen LogP contribution in [0.15, 0.2) is 42.5 Å². The van der Waals surface area contributed by atoms with E-state index in [4.69, 9.17) is 13.8 Å². The molecule has 5 heteroatoms. The van der Waals surface area contributed by atoms with Crippen LogP contribution in [0.2, 0.25) is 0 Å². The lowest BCUT2D eigenvalue weighted by molar-refractivity contribution is 0.453. The highest BCUT2D eigenvalue weighted by molar-refractivity contribution is 8.42. The molecular formula is C21H27O3PS. The second kappa shape index (κ2) is 10.1. The summed E-state index contributed by atoms with van der Waals surface area (Å²) >= 11 is 4.28. The van der Waals surface area contributed by atoms with Crippen LogP contribution in [-0.4, -0.2) is 0 Å². The van der Waals surface area contributed by atoms with Crippen LogP contribution >= 0.6 is 19.8 Å². The second-order valence-corrected chi connectivity index (χ2v) is 8.41. The van der Waals surface area contributed by atoms with Crippen molar-refractivity contribution in [3.8, 4) is 23.0 Å². The minimum absolute atomic E-state index is 0.652. The van der Waals surface area contributed by atoms with Crippen LogP contribution in [0.25, 0.3) is 0 Å². The highest BCUT2D eigenvalue weighted by Gasteiger charge is 2.26. The highest BCUT2D eigenvalue weighted by Crippen LogP contribution is 2.58. The largest absolute Gasteiger partial charge is 0.453 e. The summed E-state index contributed by atoms with van der Waals surface area (Å²) in [7, 11) is -1.19. The molecule has 0 spiro atoms. The Bertz CT molecular complexity index is 707. The summed E-state index contributed by atoms with van der Waals surface area (Å²) in [5, 5.41) is 0. The lowest BCUT2D eigenvalue weighted by Crippen LogP contribution is -1.93. The van der Waals surface area contributed by atoms with E-state index in [2.05, 4.69) is 31.3 Å². The van der Waals surface area contributed by atoms with Crippen LogP contribution in [0.1, 0.15) is 57.4 Å². The fraction of sp³-hybridized carbons (Fsp3) is 0.429. The van der Waals surface area contributed by atoms with Gasteiger partial charge in [-0.2, -0.15) is 0 Å². The Morgan fingerprint density at radius 3 is 2.42 bits per heavy atom. The van der Waals surface area contributed by atoms with Crippen LogP contribution in [0.4, 0.5) is 0 Å². The summed E-state index contributed by atoms with van der Waals surface area (Å²) in [4.78, 5) is 0. The molecule has 3 nitrogen and oxygen atoms in total. The third-order valence-corrected chi connectivity index (χ3v) is 5.71. The van der Waals surface area contributed by atoms with Crippen molar-refractivity contribution >= 4 is 19.8 Å². The van der Waals surface area contributed by atoms with Crippen molar-refractivity contribution in [3.05, 3.63) is 48.0 Å². The first-order chi connectivity index (χ1) is 12.8. The van der Waals surface area contributed by atoms with Gasteiger partial charge in [-0.15, -0.1) is 0 Å². The number of benzene rings is 2. The fourth-order valence-electron chi connectivity index (χ4n) is 3.12. The highest BCUT2D eigenvalue weighted by atomic mass is 32.7. The summed E-state index contributed by atoms with van der Waals surface area (Å²) < 4.78 is 17.4. The number of fused-ring (bicyclic) bond motifs is 1. The van der Waals surface area contributed by atoms with Crippen molar-refractivity contribution in [1.82, 2.24) is 0 Å². The summed E-state index contributed by atoms with van der Waals surface area (Å²) in [5.41, 5.74) is 1.24. The number of aryl methyl sites for hydroxylation is 1. The number of ether oxygens (including phenoxy) is 1. The van der Waals surface area contributed by atoms with Gasteiger partial charge in [-0.1, -0.05) is 82.0 Å². The average molecular weight is 390 g/mol. The SMILES string of the molecule is CCCCCCCCCc1ccccc1Oc1cccc2c1OP(S)O2. The van der Waals surface area contributed by atoms with Gasteiger partial charge in [0.05, 0.1) is 0 Å². The maximum atomic E-state index is 6.18. The fourth-order valence-corrected chi connectivity index (χ4v) is 4.31. The minimum Gasteiger partial charge on any atom is -0.453 e. The standard InChI is InChI=1S/C21H27O3PS/c1-2-3-4-5-6-7-8-12-17-13-9-10-14-18(17)22-19-15-11-16-20-21(19)24-25(26)23-20/h9-11,13-16,26H,2-8,12H2,1H3. The van der Waals surface area contributed by atoms with Crippen LogP contribution in [0.5, 0.6) is 23.0 Å². The van der Waals surface area contributed by atoms with E-state index in [1.54, 1.807) is 0 Å². The van der Waals surface area contributed by atoms with Gasteiger partial charge in [-0.25, -0.2) is 0 Å². The molecule has 0 bridgehead atoms. The molecule has 0 aromatic heterocycles. The van der Waals surface area contributed by atoms with Crippen molar-refractivity contribution in [2.24, 2.45) is 0 Å². The summed E-state index contributed by atoms with van der Waals surface area (Å²) in [6.07, 6.45) is 10.2. The van der Waals surface area contributed by atoms with Gasteiger partial charge < -0.3 is 13.8 Å². The average Bonchev–Trinajstić information content (AvgIpc) is 3.03. The van der Waals surface area contributed by atoms with Crippen molar-refractivity contribution < 1.29 is 13.8 Å². The molecule has 0 saturated heterocycles. The first-order valence-corrected chi connectivity index (χ1v) is 11.8. The Kier molecular flexibility index (Phi) is 7.52. The number of para-hydroxylation sites is 2. The number of hydrogen-bond donors (Lipinski definition) is 1. The number of unbranched alkanes of at least 4 members (excludes halogenated alkanes) is 6. The monoisotopic (exact) mass is 390 g/mol. The molecule has 3 rings (SSSR count). The molecular weight excluding hydrogens is 363 g/mol. The number of thiol groups is 1. The predicted octanol–water partition coefficient (Wildman–Crippen LogP) is 7.70. The van der Waals surface area contributed by atoms with Gasteiger partial charge >= 0.3 is 7.58 Å². The van der Waals surface area contributed by atoms with Crippen molar-refractivity contribution in [1.29, 1.82) is 0 Å². The molecule has 1 aliphatic rings. The molecule has 140 valence electrons. The maximum Gasteiger partial charge on any atom is 0.357 e. The molecule has 1 heterocycles. The third kappa shape index (κ3) is 5.31. The van der Waals surface area contributed by atoms with Gasteiger partial charge in [0.1, 0.15) is 5.75 Å². The van der Waals surface area contributed by atoms with E-state index in [0.717, 1.165) is 12.2 Å². The zero-order chi connectivity index (χ0) is 18.2. The normalized spacial score (nSPS) is 15.2. The molecule has 2 aromatic rings. The minimum atomic E-state index is -1.19. The van der Waals surface area contributed by atoms with Gasteiger partial charge in [0, 0.05) is 0 Å². The molecule has 0 radical (unpaired) electrons. The molecule has 2 aromatic carbocycles. The Morgan fingerprint density at radius 2 is 1.58 bits per heavy atom. The van der Waals surface area contributed by atoms with E-state index in [1.165, 1.54) is 50.5 Å². The van der Waals surface area contributed by atoms with Crippen molar-refractivity contribution in [2.45, 2.75) is 58.3 Å². The van der Waals surface area contributed by atoms with Crippen LogP contribution in [0.3, 0.4) is 0 Å². The molecule has 0 amide bonds. The Hall–Kier alpha value is -1.38. The smallest absolute Gasteiger partial charge is 0.357 e. The van der Waals surface area contributed by atoms with Crippen molar-refractivity contribution in [2.75, 3.05) is 0 Å². The molecule has 1 unspecified atom stereocenters. The molecule has 0 saturated carbocycles. The molecule has 0 aliphatic carbocycles. The van der Waals surface area contributed by atoms with Crippen LogP contribution in [0, 0.1) is 0 Å². The Morgan fingerprint density at radius 1 is 0.846 bits per heavy atom. The van der Waals surface area contributed by atoms with Crippen LogP contribution in [-0.2, 0) is 6.42 Å². The van der Waals surface area contributed by atoms with Gasteiger partial charge in [0.25, 0.3) is 0 Å².